The van der Waals surface area contributed by atoms with E-state index in [0.717, 1.165) is 53.8 Å². The van der Waals surface area contributed by atoms with Gasteiger partial charge in [0.25, 0.3) is 5.91 Å². The van der Waals surface area contributed by atoms with Gasteiger partial charge in [-0.2, -0.15) is 0 Å². The van der Waals surface area contributed by atoms with Gasteiger partial charge in [0.15, 0.2) is 0 Å². The number of aryl methyl sites for hydroxylation is 2. The van der Waals surface area contributed by atoms with Gasteiger partial charge in [0, 0.05) is 33.9 Å². The van der Waals surface area contributed by atoms with Gasteiger partial charge in [0.1, 0.15) is 11.3 Å². The second-order valence-corrected chi connectivity index (χ2v) is 10.2. The zero-order chi connectivity index (χ0) is 24.8. The van der Waals surface area contributed by atoms with Gasteiger partial charge < -0.3 is 9.88 Å². The average molecular weight is 535 g/mol. The first kappa shape index (κ1) is 23.2. The molecule has 4 nitrogen and oxygen atoms in total. The Hall–Kier alpha value is -3.18. The van der Waals surface area contributed by atoms with E-state index in [1.807, 2.05) is 65.1 Å². The zero-order valence-electron chi connectivity index (χ0n) is 19.3. The molecule has 36 heavy (non-hydrogen) atoms. The number of hydrogen-bond donors (Lipinski definition) is 1. The van der Waals surface area contributed by atoms with Crippen LogP contribution in [0.1, 0.15) is 28.9 Å². The molecule has 0 fully saturated rings. The van der Waals surface area contributed by atoms with Crippen LogP contribution in [0.25, 0.3) is 28.0 Å². The molecular weight excluding hydrogens is 513 g/mol. The number of carbonyl (C=O) groups is 1. The number of nitrogens with one attached hydrogen (secondary N) is 1. The molecule has 1 aliphatic rings. The van der Waals surface area contributed by atoms with E-state index in [4.69, 9.17) is 34.8 Å². The smallest absolute Gasteiger partial charge is 0.273 e. The second-order valence-electron chi connectivity index (χ2n) is 8.97. The number of carbonyl (C=O) groups excluding carboxylic acids is 1. The number of halogens is 3. The molecule has 3 aromatic carbocycles. The van der Waals surface area contributed by atoms with Crippen LogP contribution in [-0.4, -0.2) is 14.9 Å². The molecule has 3 heterocycles. The van der Waals surface area contributed by atoms with E-state index in [1.54, 1.807) is 12.1 Å². The molecule has 0 atom stereocenters. The van der Waals surface area contributed by atoms with Gasteiger partial charge in [-0.3, -0.25) is 9.20 Å². The van der Waals surface area contributed by atoms with E-state index in [0.29, 0.717) is 26.4 Å². The third-order valence-electron chi connectivity index (χ3n) is 6.74. The van der Waals surface area contributed by atoms with E-state index in [1.165, 1.54) is 5.56 Å². The van der Waals surface area contributed by atoms with Gasteiger partial charge in [-0.25, -0.2) is 0 Å². The number of imidazole rings is 1. The van der Waals surface area contributed by atoms with Crippen molar-refractivity contribution in [2.24, 2.45) is 0 Å². The SMILES string of the molecule is O=C(Nc1ccccc1Cl)c1c(-c2ccc(Cl)cc2)c2c3n(c(-c4ccc(Cl)cc4)cn13)CCCC2. The van der Waals surface area contributed by atoms with Gasteiger partial charge >= 0.3 is 0 Å². The van der Waals surface area contributed by atoms with Crippen molar-refractivity contribution in [1.29, 1.82) is 0 Å². The summed E-state index contributed by atoms with van der Waals surface area (Å²) in [6, 6.07) is 22.8. The van der Waals surface area contributed by atoms with Crippen molar-refractivity contribution in [3.8, 4) is 22.4 Å². The van der Waals surface area contributed by atoms with Gasteiger partial charge in [-0.1, -0.05) is 71.2 Å². The van der Waals surface area contributed by atoms with Gasteiger partial charge in [0.2, 0.25) is 0 Å². The predicted molar refractivity (Wildman–Crippen MR) is 149 cm³/mol. The standard InChI is InChI=1S/C29H22Cl3N3O/c30-20-12-8-18(9-13-20)25-17-35-27(28(36)33-24-7-2-1-6-23(24)32)26(19-10-14-21(31)15-11-19)22-5-3-4-16-34(25)29(22)35/h1-2,6-15,17H,3-5,16H2,(H,33,36). The van der Waals surface area contributed by atoms with Gasteiger partial charge in [0.05, 0.1) is 16.4 Å². The summed E-state index contributed by atoms with van der Waals surface area (Å²) in [6.07, 6.45) is 5.04. The summed E-state index contributed by atoms with van der Waals surface area (Å²) < 4.78 is 4.37. The summed E-state index contributed by atoms with van der Waals surface area (Å²) in [4.78, 5) is 13.9. The lowest BCUT2D eigenvalue weighted by molar-refractivity contribution is 0.102. The lowest BCUT2D eigenvalue weighted by atomic mass is 9.97. The van der Waals surface area contributed by atoms with Crippen LogP contribution >= 0.6 is 34.8 Å². The third kappa shape index (κ3) is 4.00. The maximum atomic E-state index is 13.9. The van der Waals surface area contributed by atoms with E-state index in [9.17, 15) is 4.79 Å². The molecule has 0 unspecified atom stereocenters. The minimum absolute atomic E-state index is 0.213. The first-order valence-electron chi connectivity index (χ1n) is 11.9. The Kier molecular flexibility index (Phi) is 6.04. The summed E-state index contributed by atoms with van der Waals surface area (Å²) >= 11 is 18.8. The highest BCUT2D eigenvalue weighted by molar-refractivity contribution is 6.34. The van der Waals surface area contributed by atoms with Gasteiger partial charge in [-0.15, -0.1) is 0 Å². The normalized spacial score (nSPS) is 13.1. The number of anilines is 1. The Balaban J connectivity index is 1.62. The molecule has 5 aromatic rings. The Morgan fingerprint density at radius 1 is 0.806 bits per heavy atom. The monoisotopic (exact) mass is 533 g/mol. The molecule has 0 radical (unpaired) electrons. The number of hydrogen-bond acceptors (Lipinski definition) is 1. The molecule has 0 saturated carbocycles. The summed E-state index contributed by atoms with van der Waals surface area (Å²) in [5, 5.41) is 4.89. The lowest BCUT2D eigenvalue weighted by Gasteiger charge is -2.11. The van der Waals surface area contributed by atoms with E-state index in [2.05, 4.69) is 16.1 Å². The first-order valence-corrected chi connectivity index (χ1v) is 13.0. The summed E-state index contributed by atoms with van der Waals surface area (Å²) in [5.41, 5.74) is 7.38. The van der Waals surface area contributed by atoms with E-state index in [-0.39, 0.29) is 5.91 Å². The molecule has 180 valence electrons. The van der Waals surface area contributed by atoms with Crippen LogP contribution in [0.2, 0.25) is 15.1 Å². The van der Waals surface area contributed by atoms with E-state index < -0.39 is 0 Å². The number of aromatic nitrogens is 2. The fraction of sp³-hybridized carbons (Fsp3) is 0.138. The molecule has 1 aliphatic heterocycles. The highest BCUT2D eigenvalue weighted by Gasteiger charge is 2.29. The van der Waals surface area contributed by atoms with Gasteiger partial charge in [-0.05, 0) is 66.8 Å². The van der Waals surface area contributed by atoms with Crippen LogP contribution in [0.4, 0.5) is 5.69 Å². The molecule has 0 bridgehead atoms. The van der Waals surface area contributed by atoms with Crippen LogP contribution in [0, 0.1) is 0 Å². The van der Waals surface area contributed by atoms with Crippen LogP contribution in [0.15, 0.2) is 79.0 Å². The quantitative estimate of drug-likeness (QED) is 0.246. The highest BCUT2D eigenvalue weighted by atomic mass is 35.5. The number of para-hydroxylation sites is 1. The molecule has 2 aromatic heterocycles. The number of amides is 1. The zero-order valence-corrected chi connectivity index (χ0v) is 21.5. The largest absolute Gasteiger partial charge is 0.325 e. The van der Waals surface area contributed by atoms with Crippen LogP contribution in [0.3, 0.4) is 0 Å². The van der Waals surface area contributed by atoms with Crippen molar-refractivity contribution in [2.75, 3.05) is 5.32 Å². The van der Waals surface area contributed by atoms with Crippen LogP contribution < -0.4 is 5.32 Å². The molecule has 6 rings (SSSR count). The molecule has 1 amide bonds. The molecular formula is C29H22Cl3N3O. The maximum Gasteiger partial charge on any atom is 0.273 e. The van der Waals surface area contributed by atoms with Crippen molar-refractivity contribution >= 4 is 52.0 Å². The topological polar surface area (TPSA) is 38.4 Å². The molecule has 0 spiro atoms. The fourth-order valence-electron chi connectivity index (χ4n) is 5.13. The second kappa shape index (κ2) is 9.36. The minimum atomic E-state index is -0.213. The minimum Gasteiger partial charge on any atom is -0.325 e. The molecule has 1 N–H and O–H groups in total. The maximum absolute atomic E-state index is 13.9. The third-order valence-corrected chi connectivity index (χ3v) is 7.58. The average Bonchev–Trinajstić information content (AvgIpc) is 3.29. The highest BCUT2D eigenvalue weighted by Crippen LogP contribution is 2.40. The summed E-state index contributed by atoms with van der Waals surface area (Å²) in [5.74, 6) is -0.213. The Morgan fingerprint density at radius 2 is 1.47 bits per heavy atom. The Morgan fingerprint density at radius 3 is 2.17 bits per heavy atom. The number of benzene rings is 3. The van der Waals surface area contributed by atoms with Crippen LogP contribution in [-0.2, 0) is 13.0 Å². The van der Waals surface area contributed by atoms with Crippen molar-refractivity contribution in [3.63, 3.8) is 0 Å². The van der Waals surface area contributed by atoms with Crippen LogP contribution in [0.5, 0.6) is 0 Å². The van der Waals surface area contributed by atoms with Crippen molar-refractivity contribution in [3.05, 3.63) is 105 Å². The Labute approximate surface area is 224 Å². The summed E-state index contributed by atoms with van der Waals surface area (Å²) in [6.45, 7) is 0.872. The number of nitrogens with zero attached hydrogens (tertiary/aromatic N) is 2. The van der Waals surface area contributed by atoms with Crippen molar-refractivity contribution in [1.82, 2.24) is 8.97 Å². The lowest BCUT2D eigenvalue weighted by Crippen LogP contribution is -2.15. The van der Waals surface area contributed by atoms with Crippen molar-refractivity contribution in [2.45, 2.75) is 25.8 Å². The van der Waals surface area contributed by atoms with E-state index >= 15 is 0 Å². The number of rotatable bonds is 4. The first-order chi connectivity index (χ1) is 17.5. The molecule has 0 aliphatic carbocycles. The fourth-order valence-corrected chi connectivity index (χ4v) is 5.57. The molecule has 0 saturated heterocycles. The summed E-state index contributed by atoms with van der Waals surface area (Å²) in [7, 11) is 0. The predicted octanol–water partition coefficient (Wildman–Crippen LogP) is 8.62. The molecule has 7 heteroatoms. The van der Waals surface area contributed by atoms with Crippen molar-refractivity contribution < 1.29 is 4.79 Å². The Bertz CT molecular complexity index is 1600.